The molecular weight excluding hydrogens is 363 g/mol. The molecule has 2 rings (SSSR count). The van der Waals surface area contributed by atoms with Crippen LogP contribution in [0.15, 0.2) is 22.7 Å². The van der Waals surface area contributed by atoms with Gasteiger partial charge >= 0.3 is 0 Å². The van der Waals surface area contributed by atoms with Crippen LogP contribution in [0, 0.1) is 11.2 Å². The predicted molar refractivity (Wildman–Crippen MR) is 78.9 cm³/mol. The molecule has 1 aromatic rings. The van der Waals surface area contributed by atoms with Crippen molar-refractivity contribution in [2.45, 2.75) is 32.1 Å². The highest BCUT2D eigenvalue weighted by atomic mass is 79.9. The lowest BCUT2D eigenvalue weighted by atomic mass is 9.76. The molecule has 0 atom stereocenters. The molecule has 0 bridgehead atoms. The first-order valence-corrected chi connectivity index (χ1v) is 8.20. The van der Waals surface area contributed by atoms with Crippen LogP contribution in [0.2, 0.25) is 0 Å². The third-order valence-corrected chi connectivity index (χ3v) is 5.23. The highest BCUT2D eigenvalue weighted by Gasteiger charge is 2.31. The molecule has 0 heterocycles. The third kappa shape index (κ3) is 3.70. The van der Waals surface area contributed by atoms with E-state index in [1.807, 2.05) is 6.07 Å². The zero-order valence-electron chi connectivity index (χ0n) is 10.2. The van der Waals surface area contributed by atoms with E-state index in [0.717, 1.165) is 5.33 Å². The highest BCUT2D eigenvalue weighted by Crippen LogP contribution is 2.38. The van der Waals surface area contributed by atoms with Crippen LogP contribution in [0.25, 0.3) is 0 Å². The number of rotatable bonds is 4. The maximum absolute atomic E-state index is 13.3. The first-order valence-electron chi connectivity index (χ1n) is 6.28. The van der Waals surface area contributed by atoms with Crippen LogP contribution < -0.4 is 4.74 Å². The molecule has 0 unspecified atom stereocenters. The molecule has 0 N–H and O–H groups in total. The number of hydrogen-bond donors (Lipinski definition) is 0. The van der Waals surface area contributed by atoms with Crippen LogP contribution >= 0.6 is 31.9 Å². The Balaban J connectivity index is 2.00. The van der Waals surface area contributed by atoms with E-state index < -0.39 is 0 Å². The summed E-state index contributed by atoms with van der Waals surface area (Å²) in [6.45, 7) is 0.661. The standard InChI is InChI=1S/C14H17Br2FO/c15-9-14(4-2-1-3-5-14)10-18-13-7-11(16)6-12(17)8-13/h6-8H,1-5,9-10H2. The molecule has 1 aliphatic rings. The monoisotopic (exact) mass is 378 g/mol. The second-order valence-corrected chi connectivity index (χ2v) is 6.56. The van der Waals surface area contributed by atoms with Gasteiger partial charge in [-0.2, -0.15) is 0 Å². The second-order valence-electron chi connectivity index (χ2n) is 5.09. The number of benzene rings is 1. The molecule has 1 aliphatic carbocycles. The van der Waals surface area contributed by atoms with Crippen molar-refractivity contribution in [3.8, 4) is 5.75 Å². The van der Waals surface area contributed by atoms with Gasteiger partial charge in [-0.05, 0) is 25.0 Å². The lowest BCUT2D eigenvalue weighted by molar-refractivity contribution is 0.121. The minimum Gasteiger partial charge on any atom is -0.493 e. The number of halogens is 3. The second kappa shape index (κ2) is 6.38. The molecule has 18 heavy (non-hydrogen) atoms. The largest absolute Gasteiger partial charge is 0.493 e. The average molecular weight is 380 g/mol. The summed E-state index contributed by atoms with van der Waals surface area (Å²) in [5.74, 6) is 0.337. The van der Waals surface area contributed by atoms with Gasteiger partial charge in [-0.15, -0.1) is 0 Å². The minimum atomic E-state index is -0.268. The normalized spacial score (nSPS) is 18.6. The van der Waals surface area contributed by atoms with Gasteiger partial charge in [0.1, 0.15) is 11.6 Å². The Hall–Kier alpha value is -0.0900. The lowest BCUT2D eigenvalue weighted by Crippen LogP contribution is -2.32. The first kappa shape index (κ1) is 14.3. The van der Waals surface area contributed by atoms with Crippen LogP contribution in [-0.2, 0) is 0 Å². The Kier molecular flexibility index (Phi) is 5.07. The summed E-state index contributed by atoms with van der Waals surface area (Å²) in [4.78, 5) is 0. The third-order valence-electron chi connectivity index (χ3n) is 3.58. The molecule has 4 heteroatoms. The smallest absolute Gasteiger partial charge is 0.128 e. The van der Waals surface area contributed by atoms with Crippen molar-refractivity contribution in [3.05, 3.63) is 28.5 Å². The molecular formula is C14H17Br2FO. The summed E-state index contributed by atoms with van der Waals surface area (Å²) in [5.41, 5.74) is 0.219. The molecule has 1 fully saturated rings. The van der Waals surface area contributed by atoms with E-state index in [2.05, 4.69) is 31.9 Å². The van der Waals surface area contributed by atoms with E-state index in [1.165, 1.54) is 44.2 Å². The van der Waals surface area contributed by atoms with Crippen LogP contribution in [0.3, 0.4) is 0 Å². The topological polar surface area (TPSA) is 9.23 Å². The Labute approximate surface area is 124 Å². The van der Waals surface area contributed by atoms with E-state index in [1.54, 1.807) is 0 Å². The quantitative estimate of drug-likeness (QED) is 0.644. The van der Waals surface area contributed by atoms with Gasteiger partial charge in [-0.3, -0.25) is 0 Å². The molecule has 0 saturated heterocycles. The van der Waals surface area contributed by atoms with Crippen molar-refractivity contribution in [3.63, 3.8) is 0 Å². The predicted octanol–water partition coefficient (Wildman–Crippen LogP) is 5.31. The van der Waals surface area contributed by atoms with E-state index in [9.17, 15) is 4.39 Å². The van der Waals surface area contributed by atoms with Crippen molar-refractivity contribution >= 4 is 31.9 Å². The maximum Gasteiger partial charge on any atom is 0.128 e. The van der Waals surface area contributed by atoms with Crippen molar-refractivity contribution in [2.24, 2.45) is 5.41 Å². The fraction of sp³-hybridized carbons (Fsp3) is 0.571. The summed E-state index contributed by atoms with van der Waals surface area (Å²) >= 11 is 6.89. The summed E-state index contributed by atoms with van der Waals surface area (Å²) in [6.07, 6.45) is 6.23. The van der Waals surface area contributed by atoms with Gasteiger partial charge in [0.2, 0.25) is 0 Å². The Morgan fingerprint density at radius 1 is 1.17 bits per heavy atom. The molecule has 100 valence electrons. The molecule has 0 radical (unpaired) electrons. The molecule has 0 aliphatic heterocycles. The fourth-order valence-electron chi connectivity index (χ4n) is 2.47. The van der Waals surface area contributed by atoms with E-state index in [4.69, 9.17) is 4.74 Å². The molecule has 0 aromatic heterocycles. The van der Waals surface area contributed by atoms with Crippen molar-refractivity contribution in [2.75, 3.05) is 11.9 Å². The van der Waals surface area contributed by atoms with Crippen molar-refractivity contribution < 1.29 is 9.13 Å². The van der Waals surface area contributed by atoms with Crippen LogP contribution in [0.5, 0.6) is 5.75 Å². The Bertz CT molecular complexity index is 383. The summed E-state index contributed by atoms with van der Waals surface area (Å²) < 4.78 is 19.8. The average Bonchev–Trinajstić information content (AvgIpc) is 2.36. The Morgan fingerprint density at radius 3 is 2.50 bits per heavy atom. The first-order chi connectivity index (χ1) is 8.63. The Morgan fingerprint density at radius 2 is 1.89 bits per heavy atom. The van der Waals surface area contributed by atoms with E-state index >= 15 is 0 Å². The number of ether oxygens (including phenoxy) is 1. The molecule has 1 saturated carbocycles. The SMILES string of the molecule is Fc1cc(Br)cc(OCC2(CBr)CCCCC2)c1. The molecule has 1 aromatic carbocycles. The molecule has 0 amide bonds. The fourth-order valence-corrected chi connectivity index (χ4v) is 3.63. The van der Waals surface area contributed by atoms with Gasteiger partial charge in [0.25, 0.3) is 0 Å². The van der Waals surface area contributed by atoms with E-state index in [0.29, 0.717) is 16.8 Å². The van der Waals surface area contributed by atoms with Gasteiger partial charge in [-0.1, -0.05) is 51.1 Å². The van der Waals surface area contributed by atoms with Gasteiger partial charge < -0.3 is 4.74 Å². The van der Waals surface area contributed by atoms with Crippen LogP contribution in [0.1, 0.15) is 32.1 Å². The van der Waals surface area contributed by atoms with Crippen LogP contribution in [-0.4, -0.2) is 11.9 Å². The highest BCUT2D eigenvalue weighted by molar-refractivity contribution is 9.10. The van der Waals surface area contributed by atoms with E-state index in [-0.39, 0.29) is 11.2 Å². The van der Waals surface area contributed by atoms with Crippen molar-refractivity contribution in [1.29, 1.82) is 0 Å². The summed E-state index contributed by atoms with van der Waals surface area (Å²) in [7, 11) is 0. The maximum atomic E-state index is 13.3. The summed E-state index contributed by atoms with van der Waals surface area (Å²) in [6, 6.07) is 4.69. The zero-order valence-corrected chi connectivity index (χ0v) is 13.4. The zero-order chi connectivity index (χ0) is 13.0. The van der Waals surface area contributed by atoms with Crippen molar-refractivity contribution in [1.82, 2.24) is 0 Å². The van der Waals surface area contributed by atoms with Gasteiger partial charge in [0, 0.05) is 21.3 Å². The molecule has 0 spiro atoms. The number of alkyl halides is 1. The minimum absolute atomic E-state index is 0.219. The number of hydrogen-bond acceptors (Lipinski definition) is 1. The molecule has 1 nitrogen and oxygen atoms in total. The van der Waals surface area contributed by atoms with Gasteiger partial charge in [0.15, 0.2) is 0 Å². The van der Waals surface area contributed by atoms with Crippen LogP contribution in [0.4, 0.5) is 4.39 Å². The summed E-state index contributed by atoms with van der Waals surface area (Å²) in [5, 5.41) is 0.955. The lowest BCUT2D eigenvalue weighted by Gasteiger charge is -2.35. The van der Waals surface area contributed by atoms with Gasteiger partial charge in [-0.25, -0.2) is 4.39 Å². The van der Waals surface area contributed by atoms with Gasteiger partial charge in [0.05, 0.1) is 6.61 Å².